The number of rotatable bonds is 4. The largest absolute Gasteiger partial charge is 0.489 e. The summed E-state index contributed by atoms with van der Waals surface area (Å²) in [5, 5.41) is 0. The molecular formula is C14H14NO. The lowest BCUT2D eigenvalue weighted by Gasteiger charge is -2.06. The van der Waals surface area contributed by atoms with Gasteiger partial charge in [0.2, 0.25) is 0 Å². The van der Waals surface area contributed by atoms with E-state index in [4.69, 9.17) is 10.5 Å². The maximum absolute atomic E-state index is 7.21. The quantitative estimate of drug-likeness (QED) is 0.766. The molecule has 0 bridgehead atoms. The van der Waals surface area contributed by atoms with Crippen molar-refractivity contribution >= 4 is 0 Å². The minimum Gasteiger partial charge on any atom is -0.489 e. The van der Waals surface area contributed by atoms with Gasteiger partial charge < -0.3 is 4.74 Å². The molecule has 0 aromatic heterocycles. The Bertz CT molecular complexity index is 422. The van der Waals surface area contributed by atoms with E-state index in [1.165, 1.54) is 0 Å². The Morgan fingerprint density at radius 3 is 2.12 bits per heavy atom. The molecule has 0 fully saturated rings. The minimum atomic E-state index is 0.318. The van der Waals surface area contributed by atoms with Crippen LogP contribution < -0.4 is 10.5 Å². The van der Waals surface area contributed by atoms with Gasteiger partial charge in [0.15, 0.2) is 0 Å². The highest BCUT2D eigenvalue weighted by Crippen LogP contribution is 2.13. The highest BCUT2D eigenvalue weighted by atomic mass is 16.5. The van der Waals surface area contributed by atoms with E-state index in [1.54, 1.807) is 0 Å². The number of nitrogens with one attached hydrogen (secondary N) is 1. The average molecular weight is 212 g/mol. The van der Waals surface area contributed by atoms with Crippen LogP contribution in [0.1, 0.15) is 11.1 Å². The molecule has 0 aliphatic heterocycles. The fourth-order valence-corrected chi connectivity index (χ4v) is 1.44. The molecule has 0 heterocycles. The van der Waals surface area contributed by atoms with Crippen LogP contribution in [0.25, 0.3) is 0 Å². The predicted octanol–water partition coefficient (Wildman–Crippen LogP) is 3.05. The molecule has 81 valence electrons. The number of hydrogen-bond donors (Lipinski definition) is 0. The van der Waals surface area contributed by atoms with Crippen LogP contribution in [-0.2, 0) is 13.2 Å². The maximum Gasteiger partial charge on any atom is 0.119 e. The summed E-state index contributed by atoms with van der Waals surface area (Å²) >= 11 is 0. The Morgan fingerprint density at radius 2 is 1.50 bits per heavy atom. The van der Waals surface area contributed by atoms with Gasteiger partial charge in [0.05, 0.1) is 0 Å². The van der Waals surface area contributed by atoms with E-state index in [1.807, 2.05) is 54.6 Å². The van der Waals surface area contributed by atoms with Crippen LogP contribution in [0.3, 0.4) is 0 Å². The van der Waals surface area contributed by atoms with Gasteiger partial charge in [-0.05, 0) is 23.3 Å². The van der Waals surface area contributed by atoms with Crippen LogP contribution in [0, 0.1) is 0 Å². The molecule has 1 N–H and O–H groups in total. The fraction of sp³-hybridized carbons (Fsp3) is 0.143. The Kier molecular flexibility index (Phi) is 3.57. The summed E-state index contributed by atoms with van der Waals surface area (Å²) < 4.78 is 5.63. The zero-order valence-corrected chi connectivity index (χ0v) is 9.02. The number of benzene rings is 2. The Hall–Kier alpha value is -1.80. The minimum absolute atomic E-state index is 0.318. The normalized spacial score (nSPS) is 10.1. The van der Waals surface area contributed by atoms with Gasteiger partial charge in [-0.25, -0.2) is 0 Å². The van der Waals surface area contributed by atoms with Gasteiger partial charge in [0, 0.05) is 6.54 Å². The zero-order chi connectivity index (χ0) is 11.2. The molecule has 2 rings (SSSR count). The van der Waals surface area contributed by atoms with E-state index >= 15 is 0 Å². The van der Waals surface area contributed by atoms with Crippen molar-refractivity contribution in [3.05, 3.63) is 65.7 Å². The molecular weight excluding hydrogens is 198 g/mol. The van der Waals surface area contributed by atoms with Gasteiger partial charge in [-0.2, -0.15) is 0 Å². The van der Waals surface area contributed by atoms with Gasteiger partial charge in [0.1, 0.15) is 12.4 Å². The van der Waals surface area contributed by atoms with E-state index in [9.17, 15) is 0 Å². The van der Waals surface area contributed by atoms with Gasteiger partial charge in [-0.3, -0.25) is 5.73 Å². The van der Waals surface area contributed by atoms with Crippen molar-refractivity contribution in [3.8, 4) is 5.75 Å². The summed E-state index contributed by atoms with van der Waals surface area (Å²) in [7, 11) is 0. The molecule has 0 unspecified atom stereocenters. The van der Waals surface area contributed by atoms with Crippen LogP contribution in [-0.4, -0.2) is 0 Å². The van der Waals surface area contributed by atoms with Crippen molar-refractivity contribution in [3.63, 3.8) is 0 Å². The molecule has 2 aromatic rings. The van der Waals surface area contributed by atoms with Gasteiger partial charge in [-0.1, -0.05) is 42.5 Å². The molecule has 0 aliphatic rings. The lowest BCUT2D eigenvalue weighted by molar-refractivity contribution is 0.306. The molecule has 0 saturated carbocycles. The first-order valence-electron chi connectivity index (χ1n) is 5.29. The zero-order valence-electron chi connectivity index (χ0n) is 9.02. The van der Waals surface area contributed by atoms with E-state index in [0.717, 1.165) is 16.9 Å². The van der Waals surface area contributed by atoms with Crippen molar-refractivity contribution in [2.75, 3.05) is 0 Å². The molecule has 0 amide bonds. The second-order valence-corrected chi connectivity index (χ2v) is 3.60. The third-order valence-corrected chi connectivity index (χ3v) is 2.38. The summed E-state index contributed by atoms with van der Waals surface area (Å²) in [4.78, 5) is 0. The van der Waals surface area contributed by atoms with Crippen LogP contribution in [0.5, 0.6) is 5.75 Å². The lowest BCUT2D eigenvalue weighted by Crippen LogP contribution is -1.95. The van der Waals surface area contributed by atoms with Crippen LogP contribution >= 0.6 is 0 Å². The third kappa shape index (κ3) is 2.84. The summed E-state index contributed by atoms with van der Waals surface area (Å²) in [5.74, 6) is 0.848. The molecule has 2 heteroatoms. The van der Waals surface area contributed by atoms with Crippen molar-refractivity contribution in [1.82, 2.24) is 5.73 Å². The number of ether oxygens (including phenoxy) is 1. The molecule has 2 aromatic carbocycles. The SMILES string of the molecule is [NH]Cc1ccc(OCc2ccccc2)cc1. The predicted molar refractivity (Wildman–Crippen MR) is 64.0 cm³/mol. The highest BCUT2D eigenvalue weighted by molar-refractivity contribution is 5.27. The summed E-state index contributed by atoms with van der Waals surface area (Å²) in [6, 6.07) is 17.7. The standard InChI is InChI=1S/C14H14NO/c15-10-12-6-8-14(9-7-12)16-11-13-4-2-1-3-5-13/h1-9,15H,10-11H2. The van der Waals surface area contributed by atoms with Crippen molar-refractivity contribution < 1.29 is 4.74 Å². The second-order valence-electron chi connectivity index (χ2n) is 3.60. The van der Waals surface area contributed by atoms with Gasteiger partial charge in [-0.15, -0.1) is 0 Å². The van der Waals surface area contributed by atoms with E-state index in [0.29, 0.717) is 13.2 Å². The first-order valence-corrected chi connectivity index (χ1v) is 5.29. The molecule has 0 saturated heterocycles. The first kappa shape index (κ1) is 10.7. The average Bonchev–Trinajstić information content (AvgIpc) is 2.38. The summed E-state index contributed by atoms with van der Waals surface area (Å²) in [5.41, 5.74) is 9.38. The monoisotopic (exact) mass is 212 g/mol. The maximum atomic E-state index is 7.21. The molecule has 0 atom stereocenters. The lowest BCUT2D eigenvalue weighted by atomic mass is 10.2. The Morgan fingerprint density at radius 1 is 0.812 bits per heavy atom. The summed E-state index contributed by atoms with van der Waals surface area (Å²) in [6.45, 7) is 0.903. The topological polar surface area (TPSA) is 33.0 Å². The van der Waals surface area contributed by atoms with Crippen molar-refractivity contribution in [1.29, 1.82) is 0 Å². The first-order chi connectivity index (χ1) is 7.88. The van der Waals surface area contributed by atoms with Crippen LogP contribution in [0.15, 0.2) is 54.6 Å². The van der Waals surface area contributed by atoms with E-state index in [-0.39, 0.29) is 0 Å². The summed E-state index contributed by atoms with van der Waals surface area (Å²) in [6.07, 6.45) is 0. The highest BCUT2D eigenvalue weighted by Gasteiger charge is 1.95. The van der Waals surface area contributed by atoms with E-state index in [2.05, 4.69) is 0 Å². The van der Waals surface area contributed by atoms with Gasteiger partial charge in [0.25, 0.3) is 0 Å². The third-order valence-electron chi connectivity index (χ3n) is 2.38. The second kappa shape index (κ2) is 5.33. The Labute approximate surface area is 95.7 Å². The molecule has 16 heavy (non-hydrogen) atoms. The van der Waals surface area contributed by atoms with Gasteiger partial charge >= 0.3 is 0 Å². The van der Waals surface area contributed by atoms with Crippen LogP contribution in [0.4, 0.5) is 0 Å². The van der Waals surface area contributed by atoms with Crippen LogP contribution in [0.2, 0.25) is 0 Å². The fourth-order valence-electron chi connectivity index (χ4n) is 1.44. The molecule has 2 nitrogen and oxygen atoms in total. The van der Waals surface area contributed by atoms with Crippen molar-refractivity contribution in [2.45, 2.75) is 13.2 Å². The van der Waals surface area contributed by atoms with Crippen molar-refractivity contribution in [2.24, 2.45) is 0 Å². The molecule has 0 aliphatic carbocycles. The Balaban J connectivity index is 1.94. The molecule has 1 radical (unpaired) electrons. The van der Waals surface area contributed by atoms with E-state index < -0.39 is 0 Å². The smallest absolute Gasteiger partial charge is 0.119 e. The number of hydrogen-bond acceptors (Lipinski definition) is 1. The molecule has 0 spiro atoms.